The first-order chi connectivity index (χ1) is 7.13. The molecule has 1 amide bonds. The summed E-state index contributed by atoms with van der Waals surface area (Å²) in [5.41, 5.74) is 0.727. The first-order valence-corrected chi connectivity index (χ1v) is 4.96. The van der Waals surface area contributed by atoms with Crippen molar-refractivity contribution in [3.8, 4) is 0 Å². The fourth-order valence-electron chi connectivity index (χ4n) is 1.10. The number of hydrogen-bond acceptors (Lipinski definition) is 3. The molecule has 0 radical (unpaired) electrons. The monoisotopic (exact) mass is 211 g/mol. The van der Waals surface area contributed by atoms with Gasteiger partial charge in [-0.05, 0) is 13.8 Å². The Morgan fingerprint density at radius 2 is 2.40 bits per heavy atom. The van der Waals surface area contributed by atoms with Crippen molar-refractivity contribution in [3.05, 3.63) is 12.4 Å². The maximum atomic E-state index is 11.3. The van der Waals surface area contributed by atoms with Crippen molar-refractivity contribution in [2.24, 2.45) is 0 Å². The van der Waals surface area contributed by atoms with Gasteiger partial charge in [0.1, 0.15) is 0 Å². The van der Waals surface area contributed by atoms with Crippen LogP contribution in [0.4, 0.5) is 5.69 Å². The quantitative estimate of drug-likeness (QED) is 0.801. The van der Waals surface area contributed by atoms with Crippen LogP contribution in [-0.2, 0) is 9.53 Å². The van der Waals surface area contributed by atoms with Crippen LogP contribution in [0.5, 0.6) is 0 Å². The summed E-state index contributed by atoms with van der Waals surface area (Å²) in [6, 6.07) is 0.301. The largest absolute Gasteiger partial charge is 0.384 e. The smallest absolute Gasteiger partial charge is 0.226 e. The molecule has 0 fully saturated rings. The second-order valence-electron chi connectivity index (χ2n) is 3.59. The highest BCUT2D eigenvalue weighted by Crippen LogP contribution is 2.09. The number of anilines is 1. The Hall–Kier alpha value is -1.36. The Bertz CT molecular complexity index is 320. The number of nitrogens with zero attached hydrogens (tertiary/aromatic N) is 2. The molecule has 0 aromatic carbocycles. The lowest BCUT2D eigenvalue weighted by molar-refractivity contribution is -0.117. The molecule has 1 aromatic rings. The molecule has 0 unspecified atom stereocenters. The van der Waals surface area contributed by atoms with Gasteiger partial charge in [-0.2, -0.15) is 5.10 Å². The Morgan fingerprint density at radius 3 is 2.93 bits per heavy atom. The molecule has 0 atom stereocenters. The fourth-order valence-corrected chi connectivity index (χ4v) is 1.10. The highest BCUT2D eigenvalue weighted by Gasteiger charge is 2.05. The predicted octanol–water partition coefficient (Wildman–Crippen LogP) is 1.44. The van der Waals surface area contributed by atoms with E-state index in [1.807, 2.05) is 20.0 Å². The molecule has 0 saturated carbocycles. The van der Waals surface area contributed by atoms with Crippen molar-refractivity contribution >= 4 is 11.6 Å². The summed E-state index contributed by atoms with van der Waals surface area (Å²) < 4.78 is 6.61. The van der Waals surface area contributed by atoms with E-state index < -0.39 is 0 Å². The molecule has 1 heterocycles. The molecule has 0 aliphatic rings. The third kappa shape index (κ3) is 3.71. The van der Waals surface area contributed by atoms with E-state index in [9.17, 15) is 4.79 Å². The fraction of sp³-hybridized carbons (Fsp3) is 0.600. The number of ether oxygens (including phenoxy) is 1. The Kier molecular flexibility index (Phi) is 4.30. The maximum Gasteiger partial charge on any atom is 0.226 e. The molecular weight excluding hydrogens is 194 g/mol. The van der Waals surface area contributed by atoms with Crippen LogP contribution in [0, 0.1) is 0 Å². The normalized spacial score (nSPS) is 10.7. The number of amides is 1. The molecule has 1 N–H and O–H groups in total. The number of methoxy groups -OCH3 is 1. The van der Waals surface area contributed by atoms with Crippen LogP contribution >= 0.6 is 0 Å². The molecule has 1 rings (SSSR count). The summed E-state index contributed by atoms with van der Waals surface area (Å²) in [6.07, 6.45) is 3.82. The van der Waals surface area contributed by atoms with Crippen LogP contribution in [0.3, 0.4) is 0 Å². The summed E-state index contributed by atoms with van der Waals surface area (Å²) in [4.78, 5) is 11.3. The van der Waals surface area contributed by atoms with E-state index in [2.05, 4.69) is 10.4 Å². The van der Waals surface area contributed by atoms with Crippen LogP contribution in [0.25, 0.3) is 0 Å². The lowest BCUT2D eigenvalue weighted by Gasteiger charge is -2.03. The lowest BCUT2D eigenvalue weighted by Crippen LogP contribution is -2.13. The molecule has 5 nitrogen and oxygen atoms in total. The molecule has 5 heteroatoms. The van der Waals surface area contributed by atoms with Crippen LogP contribution < -0.4 is 5.32 Å². The average Bonchev–Trinajstić information content (AvgIpc) is 2.63. The number of hydrogen-bond donors (Lipinski definition) is 1. The summed E-state index contributed by atoms with van der Waals surface area (Å²) in [5, 5.41) is 6.87. The molecule has 0 aliphatic carbocycles. The molecular formula is C10H17N3O2. The van der Waals surface area contributed by atoms with Gasteiger partial charge in [0.05, 0.1) is 24.9 Å². The topological polar surface area (TPSA) is 56.1 Å². The highest BCUT2D eigenvalue weighted by atomic mass is 16.5. The van der Waals surface area contributed by atoms with E-state index in [1.54, 1.807) is 18.0 Å². The van der Waals surface area contributed by atoms with Crippen LogP contribution in [0.2, 0.25) is 0 Å². The average molecular weight is 211 g/mol. The first-order valence-electron chi connectivity index (χ1n) is 4.96. The van der Waals surface area contributed by atoms with Crippen molar-refractivity contribution in [2.45, 2.75) is 26.3 Å². The van der Waals surface area contributed by atoms with Crippen molar-refractivity contribution in [3.63, 3.8) is 0 Å². The van der Waals surface area contributed by atoms with E-state index in [4.69, 9.17) is 4.74 Å². The number of aromatic nitrogens is 2. The van der Waals surface area contributed by atoms with Gasteiger partial charge in [-0.3, -0.25) is 9.48 Å². The summed E-state index contributed by atoms with van der Waals surface area (Å²) >= 11 is 0. The Labute approximate surface area is 89.4 Å². The molecule has 0 saturated heterocycles. The zero-order chi connectivity index (χ0) is 11.3. The van der Waals surface area contributed by atoms with E-state index in [-0.39, 0.29) is 5.91 Å². The maximum absolute atomic E-state index is 11.3. The molecule has 0 bridgehead atoms. The van der Waals surface area contributed by atoms with Crippen molar-refractivity contribution in [2.75, 3.05) is 19.0 Å². The van der Waals surface area contributed by atoms with Gasteiger partial charge < -0.3 is 10.1 Å². The minimum Gasteiger partial charge on any atom is -0.384 e. The second-order valence-corrected chi connectivity index (χ2v) is 3.59. The molecule has 1 aromatic heterocycles. The van der Waals surface area contributed by atoms with Gasteiger partial charge in [0.2, 0.25) is 5.91 Å². The second kappa shape index (κ2) is 5.50. The van der Waals surface area contributed by atoms with Crippen molar-refractivity contribution in [1.29, 1.82) is 0 Å². The minimum absolute atomic E-state index is 0.0554. The van der Waals surface area contributed by atoms with Gasteiger partial charge >= 0.3 is 0 Å². The number of nitrogens with one attached hydrogen (secondary N) is 1. The Balaban J connectivity index is 2.46. The van der Waals surface area contributed by atoms with Crippen LogP contribution in [0.1, 0.15) is 26.3 Å². The van der Waals surface area contributed by atoms with E-state index in [1.165, 1.54) is 0 Å². The van der Waals surface area contributed by atoms with E-state index in [0.717, 1.165) is 5.69 Å². The number of rotatable bonds is 5. The van der Waals surface area contributed by atoms with E-state index >= 15 is 0 Å². The van der Waals surface area contributed by atoms with Gasteiger partial charge in [-0.1, -0.05) is 0 Å². The molecule has 0 spiro atoms. The third-order valence-electron chi connectivity index (χ3n) is 1.95. The first kappa shape index (κ1) is 11.7. The zero-order valence-electron chi connectivity index (χ0n) is 9.36. The summed E-state index contributed by atoms with van der Waals surface area (Å²) in [6.45, 7) is 4.50. The van der Waals surface area contributed by atoms with Crippen molar-refractivity contribution in [1.82, 2.24) is 9.78 Å². The summed E-state index contributed by atoms with van der Waals surface area (Å²) in [5.74, 6) is -0.0554. The third-order valence-corrected chi connectivity index (χ3v) is 1.95. The molecule has 15 heavy (non-hydrogen) atoms. The summed E-state index contributed by atoms with van der Waals surface area (Å²) in [7, 11) is 1.57. The van der Waals surface area contributed by atoms with Gasteiger partial charge in [-0.15, -0.1) is 0 Å². The van der Waals surface area contributed by atoms with Crippen LogP contribution in [-0.4, -0.2) is 29.4 Å². The highest BCUT2D eigenvalue weighted by molar-refractivity contribution is 5.90. The predicted molar refractivity (Wildman–Crippen MR) is 57.7 cm³/mol. The standard InChI is InChI=1S/C10H17N3O2/c1-8(2)13-7-9(6-11-13)12-10(14)4-5-15-3/h6-8H,4-5H2,1-3H3,(H,12,14). The van der Waals surface area contributed by atoms with Crippen LogP contribution in [0.15, 0.2) is 12.4 Å². The van der Waals surface area contributed by atoms with Gasteiger partial charge in [-0.25, -0.2) is 0 Å². The van der Waals surface area contributed by atoms with E-state index in [0.29, 0.717) is 19.1 Å². The van der Waals surface area contributed by atoms with Gasteiger partial charge in [0.25, 0.3) is 0 Å². The lowest BCUT2D eigenvalue weighted by atomic mass is 10.4. The minimum atomic E-state index is -0.0554. The molecule has 84 valence electrons. The SMILES string of the molecule is COCCC(=O)Nc1cnn(C(C)C)c1. The van der Waals surface area contributed by atoms with Crippen molar-refractivity contribution < 1.29 is 9.53 Å². The number of carbonyl (C=O) groups excluding carboxylic acids is 1. The van der Waals surface area contributed by atoms with Gasteiger partial charge in [0, 0.05) is 19.3 Å². The molecule has 0 aliphatic heterocycles. The zero-order valence-corrected chi connectivity index (χ0v) is 9.36. The van der Waals surface area contributed by atoms with Gasteiger partial charge in [0.15, 0.2) is 0 Å². The number of carbonyl (C=O) groups is 1. The Morgan fingerprint density at radius 1 is 1.67 bits per heavy atom.